The van der Waals surface area contributed by atoms with E-state index in [9.17, 15) is 9.82 Å². The Bertz CT molecular complexity index is 686. The fourth-order valence-corrected chi connectivity index (χ4v) is 2.30. The summed E-state index contributed by atoms with van der Waals surface area (Å²) in [5.41, 5.74) is 3.59. The standard InChI is InChI=1S/C15H13BN2O2/c1-11(19)18-16(20)15-9-13(7-8-14(15)10-17-18)12-5-3-2-4-6-12/h2-10,20H,1H3. The Morgan fingerprint density at radius 3 is 2.60 bits per heavy atom. The van der Waals surface area contributed by atoms with Crippen LogP contribution in [0.5, 0.6) is 0 Å². The van der Waals surface area contributed by atoms with Crippen molar-refractivity contribution in [1.29, 1.82) is 0 Å². The van der Waals surface area contributed by atoms with Crippen LogP contribution in [0.2, 0.25) is 0 Å². The van der Waals surface area contributed by atoms with Gasteiger partial charge in [0.15, 0.2) is 0 Å². The molecule has 0 aromatic heterocycles. The molecule has 98 valence electrons. The Balaban J connectivity index is 2.06. The Hall–Kier alpha value is -2.40. The molecule has 0 unspecified atom stereocenters. The van der Waals surface area contributed by atoms with Gasteiger partial charge in [-0.3, -0.25) is 4.79 Å². The molecule has 1 amide bonds. The Morgan fingerprint density at radius 1 is 1.15 bits per heavy atom. The molecule has 0 atom stereocenters. The molecular weight excluding hydrogens is 251 g/mol. The molecule has 0 bridgehead atoms. The summed E-state index contributed by atoms with van der Waals surface area (Å²) < 4.78 is 0. The van der Waals surface area contributed by atoms with E-state index in [0.29, 0.717) is 5.46 Å². The second-order valence-electron chi connectivity index (χ2n) is 4.69. The van der Waals surface area contributed by atoms with Crippen LogP contribution in [0, 0.1) is 0 Å². The summed E-state index contributed by atoms with van der Waals surface area (Å²) in [4.78, 5) is 12.5. The first-order chi connectivity index (χ1) is 9.66. The third-order valence-corrected chi connectivity index (χ3v) is 3.35. The van der Waals surface area contributed by atoms with Gasteiger partial charge in [-0.05, 0) is 22.2 Å². The van der Waals surface area contributed by atoms with Crippen LogP contribution in [-0.2, 0) is 4.79 Å². The second-order valence-corrected chi connectivity index (χ2v) is 4.69. The largest absolute Gasteiger partial charge is 0.474 e. The van der Waals surface area contributed by atoms with E-state index in [2.05, 4.69) is 5.10 Å². The summed E-state index contributed by atoms with van der Waals surface area (Å²) in [5, 5.41) is 14.2. The van der Waals surface area contributed by atoms with Gasteiger partial charge in [0.1, 0.15) is 0 Å². The predicted molar refractivity (Wildman–Crippen MR) is 79.6 cm³/mol. The van der Waals surface area contributed by atoms with Crippen LogP contribution < -0.4 is 5.46 Å². The zero-order valence-corrected chi connectivity index (χ0v) is 11.0. The highest BCUT2D eigenvalue weighted by Crippen LogP contribution is 2.19. The lowest BCUT2D eigenvalue weighted by Gasteiger charge is -2.24. The van der Waals surface area contributed by atoms with Crippen molar-refractivity contribution < 1.29 is 9.82 Å². The Kier molecular flexibility index (Phi) is 3.12. The number of carbonyl (C=O) groups is 1. The molecule has 1 aliphatic rings. The van der Waals surface area contributed by atoms with Crippen molar-refractivity contribution in [3.63, 3.8) is 0 Å². The van der Waals surface area contributed by atoms with Crippen LogP contribution >= 0.6 is 0 Å². The van der Waals surface area contributed by atoms with Crippen molar-refractivity contribution >= 4 is 24.6 Å². The van der Waals surface area contributed by atoms with Gasteiger partial charge in [0.2, 0.25) is 5.91 Å². The molecule has 0 saturated carbocycles. The molecule has 2 aromatic carbocycles. The van der Waals surface area contributed by atoms with Crippen LogP contribution in [0.25, 0.3) is 11.1 Å². The average molecular weight is 264 g/mol. The SMILES string of the molecule is CC(=O)N1N=Cc2ccc(-c3ccccc3)cc2B1O. The second kappa shape index (κ2) is 4.94. The zero-order chi connectivity index (χ0) is 14.1. The topological polar surface area (TPSA) is 52.9 Å². The maximum absolute atomic E-state index is 11.4. The van der Waals surface area contributed by atoms with Gasteiger partial charge in [-0.1, -0.05) is 48.5 Å². The minimum absolute atomic E-state index is 0.287. The Labute approximate surface area is 117 Å². The monoisotopic (exact) mass is 264 g/mol. The van der Waals surface area contributed by atoms with Crippen LogP contribution in [0.1, 0.15) is 12.5 Å². The number of benzene rings is 2. The number of hydrazone groups is 1. The van der Waals surface area contributed by atoms with Crippen molar-refractivity contribution in [2.24, 2.45) is 5.10 Å². The highest BCUT2D eigenvalue weighted by atomic mass is 16.2. The van der Waals surface area contributed by atoms with Gasteiger partial charge in [-0.25, -0.2) is 4.92 Å². The minimum Gasteiger partial charge on any atom is -0.427 e. The maximum Gasteiger partial charge on any atom is 0.474 e. The van der Waals surface area contributed by atoms with Gasteiger partial charge < -0.3 is 5.02 Å². The molecule has 1 aliphatic heterocycles. The molecule has 3 rings (SSSR count). The Morgan fingerprint density at radius 2 is 1.90 bits per heavy atom. The molecule has 0 spiro atoms. The molecule has 1 heterocycles. The van der Waals surface area contributed by atoms with Gasteiger partial charge in [0, 0.05) is 6.92 Å². The lowest BCUT2D eigenvalue weighted by Crippen LogP contribution is -2.51. The zero-order valence-electron chi connectivity index (χ0n) is 11.0. The van der Waals surface area contributed by atoms with Crippen molar-refractivity contribution in [3.8, 4) is 11.1 Å². The molecule has 5 heteroatoms. The normalized spacial score (nSPS) is 13.3. The van der Waals surface area contributed by atoms with Crippen LogP contribution in [-0.4, -0.2) is 29.1 Å². The molecule has 0 saturated heterocycles. The summed E-state index contributed by atoms with van der Waals surface area (Å²) in [6.07, 6.45) is 1.60. The number of hydrogen-bond acceptors (Lipinski definition) is 3. The van der Waals surface area contributed by atoms with E-state index in [-0.39, 0.29) is 5.91 Å². The first-order valence-electron chi connectivity index (χ1n) is 6.38. The molecule has 0 fully saturated rings. The van der Waals surface area contributed by atoms with Gasteiger partial charge in [0.05, 0.1) is 6.21 Å². The third kappa shape index (κ3) is 2.12. The van der Waals surface area contributed by atoms with E-state index < -0.39 is 7.05 Å². The quantitative estimate of drug-likeness (QED) is 0.788. The molecule has 0 aliphatic carbocycles. The van der Waals surface area contributed by atoms with E-state index in [1.807, 2.05) is 48.5 Å². The third-order valence-electron chi connectivity index (χ3n) is 3.35. The smallest absolute Gasteiger partial charge is 0.427 e. The van der Waals surface area contributed by atoms with Crippen LogP contribution in [0.3, 0.4) is 0 Å². The number of hydrogen-bond donors (Lipinski definition) is 1. The van der Waals surface area contributed by atoms with Gasteiger partial charge >= 0.3 is 7.05 Å². The predicted octanol–water partition coefficient (Wildman–Crippen LogP) is 1.24. The fraction of sp³-hybridized carbons (Fsp3) is 0.0667. The van der Waals surface area contributed by atoms with E-state index in [0.717, 1.165) is 21.6 Å². The number of nitrogens with zero attached hydrogens (tertiary/aromatic N) is 2. The number of amides is 1. The molecular formula is C15H13BN2O2. The number of rotatable bonds is 1. The van der Waals surface area contributed by atoms with Crippen molar-refractivity contribution in [1.82, 2.24) is 4.92 Å². The van der Waals surface area contributed by atoms with Crippen LogP contribution in [0.4, 0.5) is 0 Å². The summed E-state index contributed by atoms with van der Waals surface area (Å²) in [6.45, 7) is 1.38. The average Bonchev–Trinajstić information content (AvgIpc) is 2.48. The van der Waals surface area contributed by atoms with Gasteiger partial charge in [-0.15, -0.1) is 0 Å². The molecule has 4 nitrogen and oxygen atoms in total. The minimum atomic E-state index is -1.03. The first-order valence-corrected chi connectivity index (χ1v) is 6.38. The number of carbonyl (C=O) groups excluding carboxylic acids is 1. The molecule has 2 aromatic rings. The molecule has 0 radical (unpaired) electrons. The molecule has 1 N–H and O–H groups in total. The van der Waals surface area contributed by atoms with E-state index in [1.165, 1.54) is 6.92 Å². The van der Waals surface area contributed by atoms with E-state index >= 15 is 0 Å². The highest BCUT2D eigenvalue weighted by Gasteiger charge is 2.31. The maximum atomic E-state index is 11.4. The fourth-order valence-electron chi connectivity index (χ4n) is 2.30. The van der Waals surface area contributed by atoms with Gasteiger partial charge in [-0.2, -0.15) is 5.10 Å². The first kappa shape index (κ1) is 12.6. The van der Waals surface area contributed by atoms with Crippen molar-refractivity contribution in [2.45, 2.75) is 6.92 Å². The summed E-state index contributed by atoms with van der Waals surface area (Å²) in [6, 6.07) is 15.7. The summed E-state index contributed by atoms with van der Waals surface area (Å²) in [7, 11) is -1.03. The lowest BCUT2D eigenvalue weighted by atomic mass is 9.69. The lowest BCUT2D eigenvalue weighted by molar-refractivity contribution is -0.125. The highest BCUT2D eigenvalue weighted by molar-refractivity contribution is 6.67. The van der Waals surface area contributed by atoms with Gasteiger partial charge in [0.25, 0.3) is 0 Å². The summed E-state index contributed by atoms with van der Waals surface area (Å²) >= 11 is 0. The van der Waals surface area contributed by atoms with Crippen LogP contribution in [0.15, 0.2) is 53.6 Å². The van der Waals surface area contributed by atoms with E-state index in [1.54, 1.807) is 6.21 Å². The van der Waals surface area contributed by atoms with Crippen molar-refractivity contribution in [3.05, 3.63) is 54.1 Å². The van der Waals surface area contributed by atoms with Crippen molar-refractivity contribution in [2.75, 3.05) is 0 Å². The molecule has 20 heavy (non-hydrogen) atoms. The number of fused-ring (bicyclic) bond motifs is 1. The summed E-state index contributed by atoms with van der Waals surface area (Å²) in [5.74, 6) is -0.287. The van der Waals surface area contributed by atoms with E-state index in [4.69, 9.17) is 0 Å².